The number of aliphatic hydroxyl groups is 1. The Labute approximate surface area is 297 Å². The third-order valence-corrected chi connectivity index (χ3v) is 7.94. The lowest BCUT2D eigenvalue weighted by Crippen LogP contribution is -2.59. The molecule has 4 amide bonds. The van der Waals surface area contributed by atoms with Crippen LogP contribution in [0.3, 0.4) is 0 Å². The summed E-state index contributed by atoms with van der Waals surface area (Å²) in [4.78, 5) is 75.3. The number of aliphatic hydroxyl groups excluding tert-OH is 1. The van der Waals surface area contributed by atoms with Gasteiger partial charge in [-0.1, -0.05) is 58.0 Å². The highest BCUT2D eigenvalue weighted by Crippen LogP contribution is 2.27. The van der Waals surface area contributed by atoms with Crippen LogP contribution in [0, 0.1) is 25.7 Å². The van der Waals surface area contributed by atoms with Gasteiger partial charge in [-0.3, -0.25) is 24.0 Å². The maximum Gasteiger partial charge on any atom is 0.341 e. The fourth-order valence-corrected chi connectivity index (χ4v) is 5.35. The van der Waals surface area contributed by atoms with Crippen molar-refractivity contribution in [1.82, 2.24) is 16.0 Å². The van der Waals surface area contributed by atoms with Crippen molar-refractivity contribution in [3.8, 4) is 5.75 Å². The van der Waals surface area contributed by atoms with Gasteiger partial charge in [-0.15, -0.1) is 0 Å². The quantitative estimate of drug-likeness (QED) is 0.0980. The molecule has 280 valence electrons. The second kappa shape index (κ2) is 20.0. The van der Waals surface area contributed by atoms with Crippen molar-refractivity contribution in [1.29, 1.82) is 0 Å². The first-order valence-corrected chi connectivity index (χ1v) is 16.8. The summed E-state index contributed by atoms with van der Waals surface area (Å²) in [5.74, 6) is -5.26. The summed E-state index contributed by atoms with van der Waals surface area (Å²) in [5.41, 5.74) is 7.98. The molecule has 0 radical (unpaired) electrons. The van der Waals surface area contributed by atoms with Gasteiger partial charge in [0.2, 0.25) is 17.7 Å². The molecule has 2 aromatic carbocycles. The minimum atomic E-state index is -1.75. The molecule has 0 unspecified atom stereocenters. The van der Waals surface area contributed by atoms with Crippen LogP contribution in [0.2, 0.25) is 0 Å². The summed E-state index contributed by atoms with van der Waals surface area (Å²) >= 11 is 0. The molecule has 9 N–H and O–H groups in total. The van der Waals surface area contributed by atoms with E-state index in [1.54, 1.807) is 70.2 Å². The van der Waals surface area contributed by atoms with E-state index in [0.29, 0.717) is 28.1 Å². The first-order chi connectivity index (χ1) is 23.9. The Kier molecular flexibility index (Phi) is 16.5. The van der Waals surface area contributed by atoms with Crippen LogP contribution in [-0.2, 0) is 35.2 Å². The average Bonchev–Trinajstić information content (AvgIpc) is 3.04. The maximum absolute atomic E-state index is 13.8. The van der Waals surface area contributed by atoms with Crippen molar-refractivity contribution in [2.24, 2.45) is 17.6 Å². The molecule has 0 spiro atoms. The highest BCUT2D eigenvalue weighted by atomic mass is 16.5. The highest BCUT2D eigenvalue weighted by molar-refractivity contribution is 5.96. The molecule has 0 aliphatic carbocycles. The van der Waals surface area contributed by atoms with Gasteiger partial charge in [0.05, 0.1) is 12.1 Å². The standard InChI is InChI=1S/C36H51N5O10/c1-19(2)14-27(40-35(49)30(20(3)4)41-33(47)25(37)12-13-28(42)43)34(48)39-26(17-23-10-8-7-9-11-23)31(46)36(50)38-24-15-21(5)32(22(6)16-24)51-18-29(44)45/h7-11,15-16,19-20,25-27,30-31,46H,12-14,17-18,37H2,1-6H3,(H,38,50)(H,39,48)(H,40,49)(H,41,47)(H,42,43)(H,44,45)/t25-,26-,27-,30-,31+/m0/s1. The van der Waals surface area contributed by atoms with E-state index in [4.69, 9.17) is 20.7 Å². The Morgan fingerprint density at radius 3 is 1.94 bits per heavy atom. The lowest BCUT2D eigenvalue weighted by atomic mass is 9.97. The highest BCUT2D eigenvalue weighted by Gasteiger charge is 2.34. The molecule has 0 saturated carbocycles. The molecule has 0 aliphatic heterocycles. The van der Waals surface area contributed by atoms with Gasteiger partial charge < -0.3 is 47.1 Å². The number of hydrogen-bond donors (Lipinski definition) is 8. The number of hydrogen-bond acceptors (Lipinski definition) is 9. The van der Waals surface area contributed by atoms with Gasteiger partial charge in [0.1, 0.15) is 17.8 Å². The number of rotatable bonds is 20. The summed E-state index contributed by atoms with van der Waals surface area (Å²) in [6, 6.07) is 7.51. The van der Waals surface area contributed by atoms with E-state index in [0.717, 1.165) is 0 Å². The summed E-state index contributed by atoms with van der Waals surface area (Å²) < 4.78 is 5.35. The Hall–Kier alpha value is -5.02. The van der Waals surface area contributed by atoms with Gasteiger partial charge in [0.25, 0.3) is 5.91 Å². The van der Waals surface area contributed by atoms with Crippen molar-refractivity contribution in [2.45, 2.75) is 97.5 Å². The van der Waals surface area contributed by atoms with E-state index in [1.165, 1.54) is 0 Å². The van der Waals surface area contributed by atoms with Gasteiger partial charge >= 0.3 is 11.9 Å². The average molecular weight is 714 g/mol. The van der Waals surface area contributed by atoms with Crippen LogP contribution in [0.4, 0.5) is 5.69 Å². The third-order valence-electron chi connectivity index (χ3n) is 7.94. The van der Waals surface area contributed by atoms with Crippen LogP contribution in [0.1, 0.15) is 63.6 Å². The minimum absolute atomic E-state index is 0.0580. The molecular weight excluding hydrogens is 662 g/mol. The molecule has 0 heterocycles. The number of amides is 4. The summed E-state index contributed by atoms with van der Waals surface area (Å²) in [6.07, 6.45) is -1.96. The Bertz CT molecular complexity index is 1510. The monoisotopic (exact) mass is 713 g/mol. The zero-order valence-corrected chi connectivity index (χ0v) is 29.9. The van der Waals surface area contributed by atoms with Gasteiger partial charge in [0.15, 0.2) is 12.7 Å². The predicted octanol–water partition coefficient (Wildman–Crippen LogP) is 1.66. The third kappa shape index (κ3) is 14.0. The zero-order valence-electron chi connectivity index (χ0n) is 29.9. The fourth-order valence-electron chi connectivity index (χ4n) is 5.35. The van der Waals surface area contributed by atoms with E-state index in [1.807, 2.05) is 13.8 Å². The molecule has 51 heavy (non-hydrogen) atoms. The second-order valence-electron chi connectivity index (χ2n) is 13.3. The number of carboxylic acid groups (broad SMARTS) is 2. The zero-order chi connectivity index (χ0) is 38.4. The van der Waals surface area contributed by atoms with Crippen molar-refractivity contribution in [3.63, 3.8) is 0 Å². The van der Waals surface area contributed by atoms with Crippen molar-refractivity contribution < 1.29 is 48.8 Å². The molecule has 0 aromatic heterocycles. The number of nitrogens with two attached hydrogens (primary N) is 1. The van der Waals surface area contributed by atoms with Gasteiger partial charge in [-0.05, 0) is 73.8 Å². The topological polar surface area (TPSA) is 246 Å². The van der Waals surface area contributed by atoms with E-state index < -0.39 is 78.4 Å². The fraction of sp³-hybridized carbons (Fsp3) is 0.500. The largest absolute Gasteiger partial charge is 0.481 e. The summed E-state index contributed by atoms with van der Waals surface area (Å²) in [7, 11) is 0. The SMILES string of the molecule is Cc1cc(NC(=O)[C@H](O)[C@H](Cc2ccccc2)NC(=O)[C@H](CC(C)C)NC(=O)[C@@H](NC(=O)[C@@H](N)CCC(=O)O)C(C)C)cc(C)c1OCC(=O)O. The number of ether oxygens (including phenoxy) is 1. The molecule has 15 heteroatoms. The molecule has 15 nitrogen and oxygen atoms in total. The molecule has 0 bridgehead atoms. The normalized spacial score (nSPS) is 14.1. The molecular formula is C36H51N5O10. The number of carbonyl (C=O) groups excluding carboxylic acids is 4. The molecule has 2 rings (SSSR count). The Balaban J connectivity index is 2.30. The van der Waals surface area contributed by atoms with E-state index >= 15 is 0 Å². The minimum Gasteiger partial charge on any atom is -0.481 e. The number of aliphatic carboxylic acids is 2. The predicted molar refractivity (Wildman–Crippen MR) is 189 cm³/mol. The van der Waals surface area contributed by atoms with E-state index in [2.05, 4.69) is 21.3 Å². The van der Waals surface area contributed by atoms with Crippen LogP contribution < -0.4 is 31.7 Å². The maximum atomic E-state index is 13.8. The smallest absolute Gasteiger partial charge is 0.341 e. The molecule has 2 aromatic rings. The number of carbonyl (C=O) groups is 6. The lowest BCUT2D eigenvalue weighted by Gasteiger charge is -2.29. The van der Waals surface area contributed by atoms with Crippen LogP contribution in [0.15, 0.2) is 42.5 Å². The molecule has 0 saturated heterocycles. The summed E-state index contributed by atoms with van der Waals surface area (Å²) in [6.45, 7) is 9.90. The molecule has 5 atom stereocenters. The molecule has 0 fully saturated rings. The first kappa shape index (κ1) is 42.1. The van der Waals surface area contributed by atoms with Crippen LogP contribution >= 0.6 is 0 Å². The number of benzene rings is 2. The van der Waals surface area contributed by atoms with E-state index in [-0.39, 0.29) is 31.6 Å². The van der Waals surface area contributed by atoms with E-state index in [9.17, 15) is 33.9 Å². The van der Waals surface area contributed by atoms with Crippen molar-refractivity contribution in [2.75, 3.05) is 11.9 Å². The number of aryl methyl sites for hydroxylation is 2. The van der Waals surface area contributed by atoms with Crippen LogP contribution in [0.25, 0.3) is 0 Å². The number of carboxylic acids is 2. The van der Waals surface area contributed by atoms with Gasteiger partial charge in [0, 0.05) is 12.1 Å². The van der Waals surface area contributed by atoms with Crippen molar-refractivity contribution >= 4 is 41.3 Å². The second-order valence-corrected chi connectivity index (χ2v) is 13.3. The number of anilines is 1. The Morgan fingerprint density at radius 1 is 0.804 bits per heavy atom. The Morgan fingerprint density at radius 2 is 1.41 bits per heavy atom. The molecule has 0 aliphatic rings. The van der Waals surface area contributed by atoms with Crippen LogP contribution in [0.5, 0.6) is 5.75 Å². The van der Waals surface area contributed by atoms with Gasteiger partial charge in [-0.25, -0.2) is 4.79 Å². The van der Waals surface area contributed by atoms with Crippen molar-refractivity contribution in [3.05, 3.63) is 59.2 Å². The first-order valence-electron chi connectivity index (χ1n) is 16.8. The van der Waals surface area contributed by atoms with Crippen LogP contribution in [-0.4, -0.2) is 87.8 Å². The lowest BCUT2D eigenvalue weighted by molar-refractivity contribution is -0.139. The number of nitrogens with one attached hydrogen (secondary N) is 4. The van der Waals surface area contributed by atoms with Gasteiger partial charge in [-0.2, -0.15) is 0 Å². The summed E-state index contributed by atoms with van der Waals surface area (Å²) in [5, 5.41) is 39.9.